The molecule has 0 radical (unpaired) electrons. The molecule has 5 heteroatoms. The van der Waals surface area contributed by atoms with Gasteiger partial charge in [0.25, 0.3) is 5.56 Å². The number of hydrogen-bond acceptors (Lipinski definition) is 3. The molecule has 1 aromatic carbocycles. The van der Waals surface area contributed by atoms with Crippen LogP contribution >= 0.6 is 11.3 Å². The lowest BCUT2D eigenvalue weighted by Gasteiger charge is -2.05. The van der Waals surface area contributed by atoms with E-state index >= 15 is 0 Å². The van der Waals surface area contributed by atoms with Crippen molar-refractivity contribution >= 4 is 22.1 Å². The van der Waals surface area contributed by atoms with E-state index in [0.717, 1.165) is 11.3 Å². The van der Waals surface area contributed by atoms with Crippen LogP contribution in [0.3, 0.4) is 0 Å². The van der Waals surface area contributed by atoms with E-state index in [1.165, 1.54) is 21.8 Å². The third-order valence-electron chi connectivity index (χ3n) is 3.18. The Morgan fingerprint density at radius 3 is 2.60 bits per heavy atom. The molecule has 3 aromatic rings. The van der Waals surface area contributed by atoms with Crippen molar-refractivity contribution in [2.75, 3.05) is 0 Å². The average Bonchev–Trinajstić information content (AvgIpc) is 2.84. The van der Waals surface area contributed by atoms with Crippen LogP contribution in [0.15, 0.2) is 46.6 Å². The van der Waals surface area contributed by atoms with Gasteiger partial charge >= 0.3 is 5.97 Å². The van der Waals surface area contributed by atoms with Crippen molar-refractivity contribution in [1.29, 1.82) is 0 Å². The number of thiazole rings is 1. The number of carboxylic acids is 1. The first kappa shape index (κ1) is 12.6. The average molecular weight is 285 g/mol. The summed E-state index contributed by atoms with van der Waals surface area (Å²) < 4.78 is 1.47. The summed E-state index contributed by atoms with van der Waals surface area (Å²) in [5, 5.41) is 11.1. The highest BCUT2D eigenvalue weighted by Gasteiger charge is 2.18. The Bertz CT molecular complexity index is 862. The fraction of sp³-hybridized carbons (Fsp3) is 0.0667. The van der Waals surface area contributed by atoms with Gasteiger partial charge in [0.05, 0.1) is 11.3 Å². The molecular formula is C15H11NO3S. The minimum atomic E-state index is -1.01. The first-order valence-electron chi connectivity index (χ1n) is 6.02. The summed E-state index contributed by atoms with van der Waals surface area (Å²) in [5.41, 5.74) is 2.09. The maximum absolute atomic E-state index is 12.2. The fourth-order valence-electron chi connectivity index (χ4n) is 2.27. The number of aryl methyl sites for hydroxylation is 1. The molecule has 100 valence electrons. The highest BCUT2D eigenvalue weighted by molar-refractivity contribution is 7.16. The Morgan fingerprint density at radius 1 is 1.25 bits per heavy atom. The quantitative estimate of drug-likeness (QED) is 0.787. The van der Waals surface area contributed by atoms with Gasteiger partial charge in [0.2, 0.25) is 0 Å². The first-order chi connectivity index (χ1) is 9.59. The molecule has 0 spiro atoms. The monoisotopic (exact) mass is 285 g/mol. The number of pyridine rings is 1. The van der Waals surface area contributed by atoms with Crippen LogP contribution in [0.2, 0.25) is 0 Å². The highest BCUT2D eigenvalue weighted by atomic mass is 32.1. The molecule has 3 rings (SSSR count). The maximum Gasteiger partial charge on any atom is 0.338 e. The molecule has 0 atom stereocenters. The number of fused-ring (bicyclic) bond motifs is 1. The van der Waals surface area contributed by atoms with E-state index in [9.17, 15) is 14.7 Å². The highest BCUT2D eigenvalue weighted by Crippen LogP contribution is 2.27. The van der Waals surface area contributed by atoms with Crippen LogP contribution in [0.25, 0.3) is 16.1 Å². The molecule has 0 aliphatic carbocycles. The summed E-state index contributed by atoms with van der Waals surface area (Å²) in [6, 6.07) is 10.8. The molecule has 1 N–H and O–H groups in total. The molecule has 2 heterocycles. The van der Waals surface area contributed by atoms with Crippen LogP contribution in [0.5, 0.6) is 0 Å². The van der Waals surface area contributed by atoms with Crippen molar-refractivity contribution in [3.63, 3.8) is 0 Å². The lowest BCUT2D eigenvalue weighted by Crippen LogP contribution is -2.16. The SMILES string of the molecule is Cc1cc(=O)n2c(-c3ccccc3)csc2c1C(=O)O. The van der Waals surface area contributed by atoms with Crippen LogP contribution in [0, 0.1) is 6.92 Å². The Balaban J connectivity index is 2.42. The van der Waals surface area contributed by atoms with Gasteiger partial charge in [-0.2, -0.15) is 0 Å². The molecule has 4 nitrogen and oxygen atoms in total. The van der Waals surface area contributed by atoms with E-state index in [4.69, 9.17) is 0 Å². The number of hydrogen-bond donors (Lipinski definition) is 1. The predicted octanol–water partition coefficient (Wildman–Crippen LogP) is 3.03. The molecule has 0 fully saturated rings. The summed E-state index contributed by atoms with van der Waals surface area (Å²) in [5.74, 6) is -1.01. The van der Waals surface area contributed by atoms with Crippen molar-refractivity contribution in [2.45, 2.75) is 6.92 Å². The van der Waals surface area contributed by atoms with Crippen molar-refractivity contribution in [2.24, 2.45) is 0 Å². The number of carbonyl (C=O) groups is 1. The normalized spacial score (nSPS) is 10.8. The predicted molar refractivity (Wildman–Crippen MR) is 78.7 cm³/mol. The Morgan fingerprint density at radius 2 is 1.95 bits per heavy atom. The van der Waals surface area contributed by atoms with Gasteiger partial charge in [-0.05, 0) is 18.1 Å². The molecule has 2 aromatic heterocycles. The first-order valence-corrected chi connectivity index (χ1v) is 6.90. The summed E-state index contributed by atoms with van der Waals surface area (Å²) >= 11 is 1.27. The Labute approximate surface area is 118 Å². The van der Waals surface area contributed by atoms with Crippen molar-refractivity contribution < 1.29 is 9.90 Å². The maximum atomic E-state index is 12.2. The van der Waals surface area contributed by atoms with Gasteiger partial charge < -0.3 is 5.11 Å². The standard InChI is InChI=1S/C15H11NO3S/c1-9-7-12(17)16-11(10-5-3-2-4-6-10)8-20-14(16)13(9)15(18)19/h2-8H,1H3,(H,18,19). The smallest absolute Gasteiger partial charge is 0.338 e. The number of rotatable bonds is 2. The summed E-state index contributed by atoms with van der Waals surface area (Å²) in [6.07, 6.45) is 0. The molecule has 0 aliphatic rings. The topological polar surface area (TPSA) is 58.8 Å². The van der Waals surface area contributed by atoms with E-state index in [2.05, 4.69) is 0 Å². The van der Waals surface area contributed by atoms with Gasteiger partial charge in [-0.1, -0.05) is 30.3 Å². The second-order valence-corrected chi connectivity index (χ2v) is 5.33. The lowest BCUT2D eigenvalue weighted by molar-refractivity contribution is 0.0698. The molecule has 0 aliphatic heterocycles. The minimum absolute atomic E-state index is 0.191. The lowest BCUT2D eigenvalue weighted by atomic mass is 10.1. The summed E-state index contributed by atoms with van der Waals surface area (Å²) in [7, 11) is 0. The van der Waals surface area contributed by atoms with Crippen molar-refractivity contribution in [3.05, 3.63) is 63.3 Å². The van der Waals surface area contributed by atoms with Gasteiger partial charge in [0, 0.05) is 11.4 Å². The van der Waals surface area contributed by atoms with E-state index < -0.39 is 5.97 Å². The zero-order valence-corrected chi connectivity index (χ0v) is 11.5. The summed E-state index contributed by atoms with van der Waals surface area (Å²) in [6.45, 7) is 1.65. The van der Waals surface area contributed by atoms with Crippen LogP contribution in [0.4, 0.5) is 0 Å². The molecule has 0 amide bonds. The molecule has 0 saturated carbocycles. The van der Waals surface area contributed by atoms with Gasteiger partial charge in [0.1, 0.15) is 4.83 Å². The van der Waals surface area contributed by atoms with E-state index in [1.54, 1.807) is 6.92 Å². The molecular weight excluding hydrogens is 274 g/mol. The number of aromatic nitrogens is 1. The zero-order chi connectivity index (χ0) is 14.3. The van der Waals surface area contributed by atoms with Crippen LogP contribution in [-0.2, 0) is 0 Å². The molecule has 0 saturated heterocycles. The minimum Gasteiger partial charge on any atom is -0.478 e. The fourth-order valence-corrected chi connectivity index (χ4v) is 3.40. The molecule has 0 unspecified atom stereocenters. The van der Waals surface area contributed by atoms with Gasteiger partial charge in [-0.25, -0.2) is 4.79 Å². The van der Waals surface area contributed by atoms with E-state index in [0.29, 0.717) is 10.4 Å². The van der Waals surface area contributed by atoms with Crippen molar-refractivity contribution in [1.82, 2.24) is 4.40 Å². The number of benzene rings is 1. The summed E-state index contributed by atoms with van der Waals surface area (Å²) in [4.78, 5) is 24.1. The van der Waals surface area contributed by atoms with Crippen molar-refractivity contribution in [3.8, 4) is 11.3 Å². The number of carboxylic acid groups (broad SMARTS) is 1. The zero-order valence-electron chi connectivity index (χ0n) is 10.7. The van der Waals surface area contributed by atoms with Gasteiger partial charge in [-0.15, -0.1) is 11.3 Å². The van der Waals surface area contributed by atoms with E-state index in [-0.39, 0.29) is 11.1 Å². The van der Waals surface area contributed by atoms with Crippen LogP contribution < -0.4 is 5.56 Å². The molecule has 0 bridgehead atoms. The van der Waals surface area contributed by atoms with Gasteiger partial charge in [-0.3, -0.25) is 9.20 Å². The third kappa shape index (κ3) is 1.83. The number of nitrogens with zero attached hydrogens (tertiary/aromatic N) is 1. The molecule has 20 heavy (non-hydrogen) atoms. The largest absolute Gasteiger partial charge is 0.478 e. The third-order valence-corrected chi connectivity index (χ3v) is 4.13. The van der Waals surface area contributed by atoms with Gasteiger partial charge in [0.15, 0.2) is 0 Å². The number of aromatic carboxylic acids is 1. The van der Waals surface area contributed by atoms with Crippen LogP contribution in [0.1, 0.15) is 15.9 Å². The second-order valence-electron chi connectivity index (χ2n) is 4.47. The van der Waals surface area contributed by atoms with Crippen LogP contribution in [-0.4, -0.2) is 15.5 Å². The Hall–Kier alpha value is -2.40. The second kappa shape index (κ2) is 4.61. The Kier molecular flexibility index (Phi) is 2.91. The van der Waals surface area contributed by atoms with E-state index in [1.807, 2.05) is 35.7 Å².